The summed E-state index contributed by atoms with van der Waals surface area (Å²) in [5, 5.41) is 1.71. The molecule has 1 fully saturated rings. The number of halogens is 1. The Labute approximate surface area is 118 Å². The van der Waals surface area contributed by atoms with Crippen molar-refractivity contribution in [1.29, 1.82) is 0 Å². The molecule has 0 saturated carbocycles. The van der Waals surface area contributed by atoms with Gasteiger partial charge in [-0.25, -0.2) is 9.78 Å². The molecule has 20 heavy (non-hydrogen) atoms. The number of ether oxygens (including phenoxy) is 1. The molecular formula is C10H11FN2O5S2. The Balaban J connectivity index is 2.12. The first-order chi connectivity index (χ1) is 9.30. The largest absolute Gasteiger partial charge is 0.464 e. The molecular weight excluding hydrogens is 311 g/mol. The van der Waals surface area contributed by atoms with Crippen LogP contribution in [0.3, 0.4) is 0 Å². The summed E-state index contributed by atoms with van der Waals surface area (Å²) in [5.74, 6) is -2.26. The first-order valence-corrected chi connectivity index (χ1v) is 8.00. The summed E-state index contributed by atoms with van der Waals surface area (Å²) in [7, 11) is -3.41. The van der Waals surface area contributed by atoms with E-state index in [0.29, 0.717) is 0 Å². The summed E-state index contributed by atoms with van der Waals surface area (Å²) in [6, 6.07) is 0. The van der Waals surface area contributed by atoms with Crippen LogP contribution in [0.1, 0.15) is 16.9 Å². The van der Waals surface area contributed by atoms with Crippen molar-refractivity contribution in [3.05, 3.63) is 11.1 Å². The van der Waals surface area contributed by atoms with Crippen molar-refractivity contribution in [2.75, 3.05) is 24.3 Å². The summed E-state index contributed by atoms with van der Waals surface area (Å²) in [6.45, 7) is 0.0656. The second-order valence-corrected chi connectivity index (χ2v) is 6.53. The minimum absolute atomic E-state index is 0.0592. The van der Waals surface area contributed by atoms with Gasteiger partial charge in [-0.2, -0.15) is 8.42 Å². The predicted molar refractivity (Wildman–Crippen MR) is 68.8 cm³/mol. The van der Waals surface area contributed by atoms with Gasteiger partial charge in [-0.3, -0.25) is 9.69 Å². The fourth-order valence-corrected chi connectivity index (χ4v) is 3.55. The average molecular weight is 322 g/mol. The Bertz CT molecular complexity index is 642. The van der Waals surface area contributed by atoms with E-state index in [1.165, 1.54) is 17.4 Å². The van der Waals surface area contributed by atoms with Gasteiger partial charge in [0.1, 0.15) is 0 Å². The Hall–Kier alpha value is -1.55. The predicted octanol–water partition coefficient (Wildman–Crippen LogP) is 0.582. The number of nitrogens with zero attached hydrogens (tertiary/aromatic N) is 2. The molecule has 10 heteroatoms. The monoisotopic (exact) mass is 322 g/mol. The van der Waals surface area contributed by atoms with Crippen LogP contribution >= 0.6 is 11.3 Å². The van der Waals surface area contributed by atoms with Gasteiger partial charge in [0.05, 0.1) is 12.9 Å². The lowest BCUT2D eigenvalue weighted by Gasteiger charge is -2.11. The van der Waals surface area contributed by atoms with E-state index in [4.69, 9.17) is 0 Å². The molecule has 7 nitrogen and oxygen atoms in total. The molecule has 1 aliphatic heterocycles. The fourth-order valence-electron chi connectivity index (χ4n) is 1.95. The first kappa shape index (κ1) is 14.9. The third-order valence-corrected chi connectivity index (χ3v) is 4.49. The van der Waals surface area contributed by atoms with E-state index < -0.39 is 27.9 Å². The molecule has 2 heterocycles. The van der Waals surface area contributed by atoms with Gasteiger partial charge in [0.2, 0.25) is 5.91 Å². The van der Waals surface area contributed by atoms with E-state index in [9.17, 15) is 21.9 Å². The van der Waals surface area contributed by atoms with E-state index in [1.54, 1.807) is 0 Å². The van der Waals surface area contributed by atoms with Crippen LogP contribution < -0.4 is 4.90 Å². The summed E-state index contributed by atoms with van der Waals surface area (Å²) in [6.07, 6.45) is -0.0592. The maximum absolute atomic E-state index is 12.6. The number of hydrogen-bond donors (Lipinski definition) is 0. The van der Waals surface area contributed by atoms with Crippen LogP contribution in [0.25, 0.3) is 0 Å². The number of hydrogen-bond acceptors (Lipinski definition) is 7. The highest BCUT2D eigenvalue weighted by molar-refractivity contribution is 7.86. The van der Waals surface area contributed by atoms with Gasteiger partial charge in [0.25, 0.3) is 0 Å². The SMILES string of the molecule is COC(=O)c1csc(N2CC(CS(=O)(=O)F)CC2=O)n1. The number of anilines is 1. The molecule has 1 unspecified atom stereocenters. The Morgan fingerprint density at radius 3 is 2.95 bits per heavy atom. The van der Waals surface area contributed by atoms with Gasteiger partial charge in [-0.1, -0.05) is 0 Å². The molecule has 0 N–H and O–H groups in total. The fraction of sp³-hybridized carbons (Fsp3) is 0.500. The van der Waals surface area contributed by atoms with Crippen molar-refractivity contribution in [3.63, 3.8) is 0 Å². The van der Waals surface area contributed by atoms with Crippen molar-refractivity contribution in [2.24, 2.45) is 5.92 Å². The lowest BCUT2D eigenvalue weighted by Crippen LogP contribution is -2.25. The molecule has 0 spiro atoms. The van der Waals surface area contributed by atoms with Gasteiger partial charge < -0.3 is 4.74 Å². The number of rotatable bonds is 4. The number of aromatic nitrogens is 1. The van der Waals surface area contributed by atoms with Crippen molar-refractivity contribution >= 4 is 38.6 Å². The number of methoxy groups -OCH3 is 1. The highest BCUT2D eigenvalue weighted by atomic mass is 32.3. The minimum Gasteiger partial charge on any atom is -0.464 e. The number of thiazole rings is 1. The maximum atomic E-state index is 12.6. The normalized spacial score (nSPS) is 19.4. The first-order valence-electron chi connectivity index (χ1n) is 5.56. The van der Waals surface area contributed by atoms with Crippen LogP contribution in [0.5, 0.6) is 0 Å². The van der Waals surface area contributed by atoms with Gasteiger partial charge in [0.15, 0.2) is 10.8 Å². The molecule has 2 rings (SSSR count). The highest BCUT2D eigenvalue weighted by Crippen LogP contribution is 2.29. The topological polar surface area (TPSA) is 93.6 Å². The van der Waals surface area contributed by atoms with Gasteiger partial charge in [0, 0.05) is 24.3 Å². The van der Waals surface area contributed by atoms with Crippen molar-refractivity contribution < 1.29 is 26.6 Å². The van der Waals surface area contributed by atoms with E-state index in [0.717, 1.165) is 11.3 Å². The van der Waals surface area contributed by atoms with E-state index >= 15 is 0 Å². The van der Waals surface area contributed by atoms with E-state index in [2.05, 4.69) is 9.72 Å². The Morgan fingerprint density at radius 2 is 2.35 bits per heavy atom. The molecule has 0 bridgehead atoms. The molecule has 0 aromatic carbocycles. The second kappa shape index (κ2) is 5.44. The molecule has 1 aliphatic rings. The summed E-state index contributed by atoms with van der Waals surface area (Å²) < 4.78 is 38.3. The van der Waals surface area contributed by atoms with Crippen LogP contribution in [-0.2, 0) is 19.8 Å². The number of amides is 1. The standard InChI is InChI=1S/C10H11FN2O5S2/c1-18-9(15)7-4-19-10(12-7)13-3-6(2-8(13)14)5-20(11,16)17/h4,6H,2-3,5H2,1H3. The third kappa shape index (κ3) is 3.31. The Morgan fingerprint density at radius 1 is 1.65 bits per heavy atom. The van der Waals surface area contributed by atoms with Crippen LogP contribution in [0, 0.1) is 5.92 Å². The summed E-state index contributed by atoms with van der Waals surface area (Å²) in [5.41, 5.74) is 0.0712. The van der Waals surface area contributed by atoms with Crippen LogP contribution in [0.2, 0.25) is 0 Å². The molecule has 1 saturated heterocycles. The van der Waals surface area contributed by atoms with E-state index in [1.807, 2.05) is 0 Å². The quantitative estimate of drug-likeness (QED) is 0.594. The lowest BCUT2D eigenvalue weighted by atomic mass is 10.1. The van der Waals surface area contributed by atoms with Gasteiger partial charge in [-0.15, -0.1) is 15.2 Å². The van der Waals surface area contributed by atoms with Gasteiger partial charge >= 0.3 is 16.2 Å². The molecule has 0 radical (unpaired) electrons. The molecule has 1 aromatic heterocycles. The molecule has 1 aromatic rings. The Kier molecular flexibility index (Phi) is 4.04. The lowest BCUT2D eigenvalue weighted by molar-refractivity contribution is -0.117. The summed E-state index contributed by atoms with van der Waals surface area (Å²) >= 11 is 1.06. The van der Waals surface area contributed by atoms with Crippen LogP contribution in [0.15, 0.2) is 5.38 Å². The smallest absolute Gasteiger partial charge is 0.357 e. The van der Waals surface area contributed by atoms with Gasteiger partial charge in [-0.05, 0) is 0 Å². The van der Waals surface area contributed by atoms with Crippen molar-refractivity contribution in [1.82, 2.24) is 4.98 Å². The zero-order valence-corrected chi connectivity index (χ0v) is 12.0. The number of carbonyl (C=O) groups excluding carboxylic acids is 2. The van der Waals surface area contributed by atoms with Crippen molar-refractivity contribution in [2.45, 2.75) is 6.42 Å². The zero-order chi connectivity index (χ0) is 14.9. The minimum atomic E-state index is -4.62. The second-order valence-electron chi connectivity index (χ2n) is 4.29. The highest BCUT2D eigenvalue weighted by Gasteiger charge is 2.35. The average Bonchev–Trinajstić information content (AvgIpc) is 2.92. The molecule has 0 aliphatic carbocycles. The van der Waals surface area contributed by atoms with E-state index in [-0.39, 0.29) is 29.7 Å². The molecule has 1 atom stereocenters. The van der Waals surface area contributed by atoms with Crippen LogP contribution in [0.4, 0.5) is 9.02 Å². The number of carbonyl (C=O) groups is 2. The third-order valence-electron chi connectivity index (χ3n) is 2.76. The number of esters is 1. The molecule has 110 valence electrons. The van der Waals surface area contributed by atoms with Crippen LogP contribution in [-0.4, -0.2) is 44.7 Å². The van der Waals surface area contributed by atoms with Crippen molar-refractivity contribution in [3.8, 4) is 0 Å². The zero-order valence-electron chi connectivity index (χ0n) is 10.4. The maximum Gasteiger partial charge on any atom is 0.357 e. The molecule has 1 amide bonds. The summed E-state index contributed by atoms with van der Waals surface area (Å²) in [4.78, 5) is 28.3.